The lowest BCUT2D eigenvalue weighted by Crippen LogP contribution is -1.92. The largest absolute Gasteiger partial charge is 0.266 e. The highest BCUT2D eigenvalue weighted by Crippen LogP contribution is 2.14. The fourth-order valence-electron chi connectivity index (χ4n) is 1.53. The highest BCUT2D eigenvalue weighted by Gasteiger charge is 1.94. The van der Waals surface area contributed by atoms with Gasteiger partial charge in [-0.1, -0.05) is 47.8 Å². The molecule has 0 bridgehead atoms. The SMILES string of the molecule is Brc1ccc(-n2cncn2)cc1.Brc1ccc(Br)cc1.c1nc[nH]n1. The molecule has 2 aromatic heterocycles. The number of rotatable bonds is 1. The molecule has 128 valence electrons. The lowest BCUT2D eigenvalue weighted by Gasteiger charge is -1.98. The minimum atomic E-state index is 1.01. The Labute approximate surface area is 170 Å². The van der Waals surface area contributed by atoms with Gasteiger partial charge in [0.15, 0.2) is 0 Å². The highest BCUT2D eigenvalue weighted by atomic mass is 79.9. The van der Waals surface area contributed by atoms with Crippen LogP contribution in [0.2, 0.25) is 0 Å². The van der Waals surface area contributed by atoms with Crippen LogP contribution in [0.25, 0.3) is 5.69 Å². The van der Waals surface area contributed by atoms with E-state index in [0.717, 1.165) is 19.1 Å². The summed E-state index contributed by atoms with van der Waals surface area (Å²) in [5.41, 5.74) is 1.01. The number of hydrogen-bond donors (Lipinski definition) is 1. The van der Waals surface area contributed by atoms with Crippen molar-refractivity contribution in [2.24, 2.45) is 0 Å². The van der Waals surface area contributed by atoms with Crippen LogP contribution in [-0.2, 0) is 0 Å². The van der Waals surface area contributed by atoms with E-state index in [1.54, 1.807) is 11.0 Å². The molecule has 0 saturated carbocycles. The van der Waals surface area contributed by atoms with Crippen molar-refractivity contribution < 1.29 is 0 Å². The number of hydrogen-bond acceptors (Lipinski definition) is 4. The van der Waals surface area contributed by atoms with E-state index in [-0.39, 0.29) is 0 Å². The minimum absolute atomic E-state index is 1.01. The third-order valence-electron chi connectivity index (χ3n) is 2.64. The van der Waals surface area contributed by atoms with Crippen LogP contribution in [0.5, 0.6) is 0 Å². The van der Waals surface area contributed by atoms with Gasteiger partial charge in [0, 0.05) is 13.4 Å². The number of H-pyrrole nitrogens is 1. The fourth-order valence-corrected chi connectivity index (χ4v) is 2.32. The third kappa shape index (κ3) is 7.72. The Hall–Kier alpha value is -1.84. The van der Waals surface area contributed by atoms with Gasteiger partial charge in [-0.3, -0.25) is 5.10 Å². The average Bonchev–Trinajstić information content (AvgIpc) is 3.35. The standard InChI is InChI=1S/C8H6BrN3.C6H4Br2.C2H3N3/c9-7-1-3-8(4-2-7)12-6-10-5-11-12;7-5-1-2-6(8)4-3-5;1-3-2-5-4-1/h1-6H;1-4H;1-2H,(H,3,4,5). The molecular formula is C16H13Br3N6. The summed E-state index contributed by atoms with van der Waals surface area (Å²) in [5, 5.41) is 9.99. The molecule has 0 aliphatic rings. The molecule has 2 heterocycles. The average molecular weight is 529 g/mol. The molecule has 0 atom stereocenters. The van der Waals surface area contributed by atoms with Gasteiger partial charge in [0.25, 0.3) is 0 Å². The molecule has 0 fully saturated rings. The number of benzene rings is 2. The van der Waals surface area contributed by atoms with E-state index in [4.69, 9.17) is 0 Å². The van der Waals surface area contributed by atoms with Gasteiger partial charge in [0.1, 0.15) is 25.3 Å². The predicted molar refractivity (Wildman–Crippen MR) is 107 cm³/mol. The van der Waals surface area contributed by atoms with E-state index in [1.807, 2.05) is 48.5 Å². The molecular weight excluding hydrogens is 516 g/mol. The summed E-state index contributed by atoms with van der Waals surface area (Å²) in [6.45, 7) is 0. The van der Waals surface area contributed by atoms with Crippen molar-refractivity contribution >= 4 is 47.8 Å². The lowest BCUT2D eigenvalue weighted by atomic mass is 10.3. The first-order valence-corrected chi connectivity index (χ1v) is 9.33. The highest BCUT2D eigenvalue weighted by molar-refractivity contribution is 9.11. The summed E-state index contributed by atoms with van der Waals surface area (Å²) < 4.78 is 5.00. The van der Waals surface area contributed by atoms with E-state index < -0.39 is 0 Å². The molecule has 4 rings (SSSR count). The Bertz CT molecular complexity index is 777. The van der Waals surface area contributed by atoms with Crippen molar-refractivity contribution in [3.05, 3.63) is 87.3 Å². The maximum atomic E-state index is 4.01. The lowest BCUT2D eigenvalue weighted by molar-refractivity contribution is 0.879. The molecule has 0 radical (unpaired) electrons. The van der Waals surface area contributed by atoms with E-state index in [1.165, 1.54) is 19.0 Å². The van der Waals surface area contributed by atoms with Gasteiger partial charge in [-0.2, -0.15) is 10.2 Å². The second-order valence-electron chi connectivity index (χ2n) is 4.40. The molecule has 9 heteroatoms. The van der Waals surface area contributed by atoms with Crippen LogP contribution in [0.15, 0.2) is 87.3 Å². The maximum absolute atomic E-state index is 4.01. The van der Waals surface area contributed by atoms with Crippen molar-refractivity contribution in [1.29, 1.82) is 0 Å². The molecule has 0 spiro atoms. The van der Waals surface area contributed by atoms with Crippen LogP contribution in [0, 0.1) is 0 Å². The second-order valence-corrected chi connectivity index (χ2v) is 7.15. The first kappa shape index (κ1) is 19.5. The van der Waals surface area contributed by atoms with Gasteiger partial charge >= 0.3 is 0 Å². The summed E-state index contributed by atoms with van der Waals surface area (Å²) in [7, 11) is 0. The first-order valence-electron chi connectivity index (χ1n) is 6.95. The smallest absolute Gasteiger partial charge is 0.138 e. The maximum Gasteiger partial charge on any atom is 0.138 e. The van der Waals surface area contributed by atoms with Gasteiger partial charge in [-0.25, -0.2) is 14.6 Å². The van der Waals surface area contributed by atoms with Gasteiger partial charge in [0.05, 0.1) is 5.69 Å². The van der Waals surface area contributed by atoms with Crippen LogP contribution < -0.4 is 0 Å². The quantitative estimate of drug-likeness (QED) is 0.375. The minimum Gasteiger partial charge on any atom is -0.266 e. The topological polar surface area (TPSA) is 72.3 Å². The zero-order valence-corrected chi connectivity index (χ0v) is 17.6. The van der Waals surface area contributed by atoms with Crippen LogP contribution >= 0.6 is 47.8 Å². The Kier molecular flexibility index (Phi) is 8.50. The summed E-state index contributed by atoms with van der Waals surface area (Å²) in [6, 6.07) is 15.8. The Morgan fingerprint density at radius 1 is 0.720 bits per heavy atom. The number of aromatic nitrogens is 6. The molecule has 25 heavy (non-hydrogen) atoms. The van der Waals surface area contributed by atoms with Crippen molar-refractivity contribution in [2.45, 2.75) is 0 Å². The predicted octanol–water partition coefficient (Wildman–Crippen LogP) is 5.05. The van der Waals surface area contributed by atoms with E-state index in [0.29, 0.717) is 0 Å². The van der Waals surface area contributed by atoms with Gasteiger partial charge in [-0.05, 0) is 48.5 Å². The Morgan fingerprint density at radius 3 is 1.64 bits per heavy atom. The molecule has 0 aliphatic heterocycles. The summed E-state index contributed by atoms with van der Waals surface area (Å²) in [5.74, 6) is 0. The third-order valence-corrected chi connectivity index (χ3v) is 4.23. The molecule has 0 unspecified atom stereocenters. The monoisotopic (exact) mass is 526 g/mol. The zero-order valence-electron chi connectivity index (χ0n) is 12.8. The number of nitrogens with one attached hydrogen (secondary N) is 1. The van der Waals surface area contributed by atoms with Gasteiger partial charge < -0.3 is 0 Å². The number of halogens is 3. The number of aromatic amines is 1. The molecule has 1 N–H and O–H groups in total. The van der Waals surface area contributed by atoms with E-state index in [9.17, 15) is 0 Å². The Morgan fingerprint density at radius 2 is 1.28 bits per heavy atom. The van der Waals surface area contributed by atoms with Gasteiger partial charge in [0.2, 0.25) is 0 Å². The van der Waals surface area contributed by atoms with Crippen LogP contribution in [0.1, 0.15) is 0 Å². The van der Waals surface area contributed by atoms with Crippen molar-refractivity contribution in [2.75, 3.05) is 0 Å². The van der Waals surface area contributed by atoms with Crippen LogP contribution in [-0.4, -0.2) is 29.9 Å². The second kappa shape index (κ2) is 10.9. The molecule has 4 aromatic rings. The van der Waals surface area contributed by atoms with Crippen LogP contribution in [0.4, 0.5) is 0 Å². The molecule has 0 saturated heterocycles. The summed E-state index contributed by atoms with van der Waals surface area (Å²) >= 11 is 10.0. The van der Waals surface area contributed by atoms with Gasteiger partial charge in [-0.15, -0.1) is 0 Å². The number of nitrogens with zero attached hydrogens (tertiary/aromatic N) is 5. The van der Waals surface area contributed by atoms with Crippen molar-refractivity contribution in [1.82, 2.24) is 29.9 Å². The Balaban J connectivity index is 0.000000149. The first-order chi connectivity index (χ1) is 12.1. The normalized spacial score (nSPS) is 9.40. The summed E-state index contributed by atoms with van der Waals surface area (Å²) in [6.07, 6.45) is 6.14. The van der Waals surface area contributed by atoms with E-state index in [2.05, 4.69) is 73.1 Å². The fraction of sp³-hybridized carbons (Fsp3) is 0. The van der Waals surface area contributed by atoms with Crippen molar-refractivity contribution in [3.8, 4) is 5.69 Å². The zero-order chi connectivity index (χ0) is 17.9. The molecule has 0 amide bonds. The van der Waals surface area contributed by atoms with Crippen LogP contribution in [0.3, 0.4) is 0 Å². The van der Waals surface area contributed by atoms with E-state index >= 15 is 0 Å². The molecule has 0 aliphatic carbocycles. The molecule has 6 nitrogen and oxygen atoms in total. The summed E-state index contributed by atoms with van der Waals surface area (Å²) in [4.78, 5) is 7.42. The molecule has 2 aromatic carbocycles. The van der Waals surface area contributed by atoms with Crippen molar-refractivity contribution in [3.63, 3.8) is 0 Å².